The SMILES string of the molecule is C=CCCCCOC(=O)[C@@H]1[C@H]2C(=O)N(CCCCO)C(C(=O)N(CC=C)C(C)(C)CC(C)(C)C)C23CC[C@H]1O3. The van der Waals surface area contributed by atoms with Crippen LogP contribution in [0.25, 0.3) is 0 Å². The first-order valence-electron chi connectivity index (χ1n) is 14.6. The largest absolute Gasteiger partial charge is 0.465 e. The summed E-state index contributed by atoms with van der Waals surface area (Å²) in [6.45, 7) is 19.2. The molecule has 8 nitrogen and oxygen atoms in total. The van der Waals surface area contributed by atoms with Gasteiger partial charge in [-0.2, -0.15) is 0 Å². The first kappa shape index (κ1) is 31.3. The molecule has 0 radical (unpaired) electrons. The summed E-state index contributed by atoms with van der Waals surface area (Å²) in [5.74, 6) is -2.23. The number of fused-ring (bicyclic) bond motifs is 1. The predicted octanol–water partition coefficient (Wildman–Crippen LogP) is 4.26. The van der Waals surface area contributed by atoms with Gasteiger partial charge in [-0.25, -0.2) is 0 Å². The summed E-state index contributed by atoms with van der Waals surface area (Å²) in [5, 5.41) is 9.39. The van der Waals surface area contributed by atoms with Crippen LogP contribution in [0.5, 0.6) is 0 Å². The molecule has 1 N–H and O–H groups in total. The molecule has 3 heterocycles. The van der Waals surface area contributed by atoms with E-state index >= 15 is 0 Å². The average Bonchev–Trinajstić information content (AvgIpc) is 3.48. The van der Waals surface area contributed by atoms with Crippen LogP contribution in [0, 0.1) is 17.3 Å². The molecule has 5 atom stereocenters. The molecule has 0 saturated carbocycles. The second-order valence-corrected chi connectivity index (χ2v) is 13.3. The Bertz CT molecular complexity index is 925. The second-order valence-electron chi connectivity index (χ2n) is 13.3. The minimum Gasteiger partial charge on any atom is -0.465 e. The Morgan fingerprint density at radius 3 is 2.49 bits per heavy atom. The average molecular weight is 547 g/mol. The van der Waals surface area contributed by atoms with Crippen molar-refractivity contribution in [2.24, 2.45) is 17.3 Å². The minimum absolute atomic E-state index is 0.00972. The molecule has 3 fully saturated rings. The lowest BCUT2D eigenvalue weighted by Gasteiger charge is -2.45. The van der Waals surface area contributed by atoms with Crippen molar-refractivity contribution in [2.45, 2.75) is 109 Å². The van der Waals surface area contributed by atoms with Crippen molar-refractivity contribution in [1.29, 1.82) is 0 Å². The molecule has 1 spiro atoms. The van der Waals surface area contributed by atoms with E-state index in [4.69, 9.17) is 9.47 Å². The van der Waals surface area contributed by atoms with Crippen LogP contribution in [0.3, 0.4) is 0 Å². The van der Waals surface area contributed by atoms with Gasteiger partial charge in [-0.05, 0) is 70.6 Å². The molecule has 0 aromatic carbocycles. The van der Waals surface area contributed by atoms with Crippen LogP contribution in [-0.2, 0) is 23.9 Å². The molecule has 2 amide bonds. The minimum atomic E-state index is -1.05. The summed E-state index contributed by atoms with van der Waals surface area (Å²) in [5.41, 5.74) is -1.58. The number of rotatable bonds is 15. The van der Waals surface area contributed by atoms with Crippen molar-refractivity contribution < 1.29 is 29.0 Å². The van der Waals surface area contributed by atoms with E-state index in [1.165, 1.54) is 0 Å². The molecule has 0 aromatic rings. The highest BCUT2D eigenvalue weighted by Crippen LogP contribution is 2.59. The molecule has 220 valence electrons. The lowest BCUT2D eigenvalue weighted by molar-refractivity contribution is -0.156. The van der Waals surface area contributed by atoms with E-state index in [1.807, 2.05) is 11.0 Å². The molecule has 3 aliphatic heterocycles. The molecule has 3 saturated heterocycles. The van der Waals surface area contributed by atoms with E-state index in [2.05, 4.69) is 47.8 Å². The number of nitrogens with zero attached hydrogens (tertiary/aromatic N) is 2. The Kier molecular flexibility index (Phi) is 10.1. The van der Waals surface area contributed by atoms with Gasteiger partial charge in [0.2, 0.25) is 11.8 Å². The Balaban J connectivity index is 1.94. The van der Waals surface area contributed by atoms with Gasteiger partial charge in [0.1, 0.15) is 11.6 Å². The monoisotopic (exact) mass is 546 g/mol. The first-order valence-corrected chi connectivity index (χ1v) is 14.6. The molecular formula is C31H50N2O6. The molecule has 0 aromatic heterocycles. The van der Waals surface area contributed by atoms with Crippen LogP contribution in [0.4, 0.5) is 0 Å². The number of aliphatic hydroxyl groups excluding tert-OH is 1. The second kappa shape index (κ2) is 12.5. The van der Waals surface area contributed by atoms with E-state index in [9.17, 15) is 19.5 Å². The zero-order valence-corrected chi connectivity index (χ0v) is 24.7. The molecule has 8 heteroatoms. The number of esters is 1. The van der Waals surface area contributed by atoms with Crippen molar-refractivity contribution in [2.75, 3.05) is 26.3 Å². The number of hydrogen-bond acceptors (Lipinski definition) is 6. The fourth-order valence-electron chi connectivity index (χ4n) is 7.30. The lowest BCUT2D eigenvalue weighted by atomic mass is 9.70. The molecule has 3 aliphatic rings. The number of carbonyl (C=O) groups excluding carboxylic acids is 3. The third kappa shape index (κ3) is 6.43. The van der Waals surface area contributed by atoms with Gasteiger partial charge >= 0.3 is 5.97 Å². The zero-order chi connectivity index (χ0) is 29.0. The predicted molar refractivity (Wildman–Crippen MR) is 151 cm³/mol. The summed E-state index contributed by atoms with van der Waals surface area (Å²) in [4.78, 5) is 45.4. The van der Waals surface area contributed by atoms with Gasteiger partial charge in [0.15, 0.2) is 0 Å². The summed E-state index contributed by atoms with van der Waals surface area (Å²) < 4.78 is 12.2. The van der Waals surface area contributed by atoms with Crippen molar-refractivity contribution in [3.8, 4) is 0 Å². The quantitative estimate of drug-likeness (QED) is 0.187. The van der Waals surface area contributed by atoms with Crippen molar-refractivity contribution in [3.05, 3.63) is 25.3 Å². The van der Waals surface area contributed by atoms with E-state index in [0.29, 0.717) is 45.4 Å². The summed E-state index contributed by atoms with van der Waals surface area (Å²) >= 11 is 0. The molecule has 3 rings (SSSR count). The molecule has 2 unspecified atom stereocenters. The Morgan fingerprint density at radius 1 is 1.15 bits per heavy atom. The van der Waals surface area contributed by atoms with Crippen LogP contribution >= 0.6 is 0 Å². The number of amides is 2. The molecule has 2 bridgehead atoms. The van der Waals surface area contributed by atoms with Gasteiger partial charge in [0.25, 0.3) is 0 Å². The van der Waals surface area contributed by atoms with Crippen LogP contribution in [0.1, 0.15) is 86.0 Å². The fourth-order valence-corrected chi connectivity index (χ4v) is 7.30. The van der Waals surface area contributed by atoms with Crippen LogP contribution < -0.4 is 0 Å². The van der Waals surface area contributed by atoms with E-state index in [1.54, 1.807) is 11.0 Å². The maximum atomic E-state index is 14.6. The number of ether oxygens (including phenoxy) is 2. The highest BCUT2D eigenvalue weighted by molar-refractivity contribution is 5.98. The topological polar surface area (TPSA) is 96.4 Å². The van der Waals surface area contributed by atoms with Gasteiger partial charge in [-0.1, -0.05) is 32.9 Å². The first-order chi connectivity index (χ1) is 18.3. The number of carbonyl (C=O) groups is 3. The van der Waals surface area contributed by atoms with Crippen LogP contribution in [0.2, 0.25) is 0 Å². The highest BCUT2D eigenvalue weighted by Gasteiger charge is 2.75. The Morgan fingerprint density at radius 2 is 1.87 bits per heavy atom. The van der Waals surface area contributed by atoms with Gasteiger partial charge < -0.3 is 24.4 Å². The summed E-state index contributed by atoms with van der Waals surface area (Å²) in [6, 6.07) is -0.830. The molecular weight excluding hydrogens is 496 g/mol. The van der Waals surface area contributed by atoms with Gasteiger partial charge in [0.05, 0.1) is 24.5 Å². The van der Waals surface area contributed by atoms with E-state index in [0.717, 1.165) is 25.7 Å². The van der Waals surface area contributed by atoms with E-state index < -0.39 is 41.1 Å². The smallest absolute Gasteiger partial charge is 0.312 e. The number of aliphatic hydroxyl groups is 1. The zero-order valence-electron chi connectivity index (χ0n) is 24.7. The highest BCUT2D eigenvalue weighted by atomic mass is 16.6. The third-order valence-electron chi connectivity index (χ3n) is 8.43. The third-order valence-corrected chi connectivity index (χ3v) is 8.43. The van der Waals surface area contributed by atoms with Gasteiger partial charge in [-0.3, -0.25) is 14.4 Å². The molecule has 39 heavy (non-hydrogen) atoms. The van der Waals surface area contributed by atoms with Gasteiger partial charge in [-0.15, -0.1) is 13.2 Å². The van der Waals surface area contributed by atoms with Crippen molar-refractivity contribution in [3.63, 3.8) is 0 Å². The van der Waals surface area contributed by atoms with Crippen molar-refractivity contribution >= 4 is 17.8 Å². The van der Waals surface area contributed by atoms with Crippen molar-refractivity contribution in [1.82, 2.24) is 9.80 Å². The Labute approximate surface area is 234 Å². The number of unbranched alkanes of at least 4 members (excludes halogenated alkanes) is 3. The maximum Gasteiger partial charge on any atom is 0.312 e. The number of allylic oxidation sites excluding steroid dienone is 1. The number of hydrogen-bond donors (Lipinski definition) is 1. The number of likely N-dealkylation sites (tertiary alicyclic amines) is 1. The standard InChI is InChI=1S/C31H50N2O6/c1-8-10-11-14-20-38-28(37)23-22-15-16-31(39-22)24(23)26(35)32(18-12-13-19-34)25(31)27(36)33(17-9-2)30(6,7)21-29(3,4)5/h8-9,22-25,34H,1-2,10-21H2,3-7H3/t22-,23+,24+,25?,31?/m1/s1. The summed E-state index contributed by atoms with van der Waals surface area (Å²) in [6.07, 6.45) is 8.61. The normalized spacial score (nSPS) is 27.9. The lowest BCUT2D eigenvalue weighted by Crippen LogP contribution is -2.61. The fraction of sp³-hybridized carbons (Fsp3) is 0.774. The molecule has 0 aliphatic carbocycles. The Hall–Kier alpha value is -2.19. The van der Waals surface area contributed by atoms with Gasteiger partial charge in [0, 0.05) is 25.2 Å². The van der Waals surface area contributed by atoms with Crippen LogP contribution in [-0.4, -0.2) is 82.3 Å². The van der Waals surface area contributed by atoms with E-state index in [-0.39, 0.29) is 23.8 Å². The maximum absolute atomic E-state index is 14.6. The summed E-state index contributed by atoms with van der Waals surface area (Å²) in [7, 11) is 0. The van der Waals surface area contributed by atoms with Crippen LogP contribution in [0.15, 0.2) is 25.3 Å².